The van der Waals surface area contributed by atoms with Crippen molar-refractivity contribution >= 4 is 19.0 Å². The Balaban J connectivity index is 2.26. The lowest BCUT2D eigenvalue weighted by Gasteiger charge is -2.32. The molecule has 1 aliphatic rings. The summed E-state index contributed by atoms with van der Waals surface area (Å²) in [6.07, 6.45) is 3.54. The molecule has 23 heavy (non-hydrogen) atoms. The second-order valence-electron chi connectivity index (χ2n) is 6.87. The predicted octanol–water partition coefficient (Wildman–Crippen LogP) is 2.52. The summed E-state index contributed by atoms with van der Waals surface area (Å²) in [5.74, 6) is 0.00874. The number of hydrogen-bond acceptors (Lipinski definition) is 5. The molecule has 1 N–H and O–H groups in total. The second kappa shape index (κ2) is 6.55. The van der Waals surface area contributed by atoms with Crippen LogP contribution in [0.5, 0.6) is 0 Å². The SMILES string of the molecule is CNCC(=Cc1ccc(C(C)=O)cn1)B1OC(C)(C)C(C)(C)O1. The molecule has 0 bridgehead atoms. The van der Waals surface area contributed by atoms with Gasteiger partial charge in [-0.1, -0.05) is 0 Å². The Morgan fingerprint density at radius 1 is 1.26 bits per heavy atom. The van der Waals surface area contributed by atoms with Gasteiger partial charge >= 0.3 is 7.12 Å². The molecule has 0 amide bonds. The third-order valence-electron chi connectivity index (χ3n) is 4.46. The number of likely N-dealkylation sites (N-methyl/N-ethyl adjacent to an activating group) is 1. The lowest BCUT2D eigenvalue weighted by molar-refractivity contribution is 0.00578. The van der Waals surface area contributed by atoms with E-state index in [9.17, 15) is 4.79 Å². The van der Waals surface area contributed by atoms with Gasteiger partial charge in [-0.15, -0.1) is 0 Å². The van der Waals surface area contributed by atoms with Crippen LogP contribution in [0.4, 0.5) is 0 Å². The highest BCUT2D eigenvalue weighted by Crippen LogP contribution is 2.38. The maximum absolute atomic E-state index is 11.3. The molecule has 5 nitrogen and oxygen atoms in total. The van der Waals surface area contributed by atoms with E-state index in [1.54, 1.807) is 12.3 Å². The summed E-state index contributed by atoms with van der Waals surface area (Å²) in [5, 5.41) is 3.14. The number of nitrogens with one attached hydrogen (secondary N) is 1. The fourth-order valence-electron chi connectivity index (χ4n) is 2.29. The number of carbonyl (C=O) groups is 1. The Hall–Kier alpha value is -1.50. The summed E-state index contributed by atoms with van der Waals surface area (Å²) in [5.41, 5.74) is 1.59. The van der Waals surface area contributed by atoms with Gasteiger partial charge in [-0.3, -0.25) is 9.78 Å². The topological polar surface area (TPSA) is 60.5 Å². The molecule has 1 fully saturated rings. The average molecular weight is 316 g/mol. The van der Waals surface area contributed by atoms with Crippen LogP contribution in [0, 0.1) is 0 Å². The molecule has 1 aliphatic heterocycles. The van der Waals surface area contributed by atoms with Gasteiger partial charge in [-0.05, 0) is 65.3 Å². The Morgan fingerprint density at radius 2 is 1.87 bits per heavy atom. The first-order valence-corrected chi connectivity index (χ1v) is 7.84. The molecule has 0 aromatic carbocycles. The molecule has 124 valence electrons. The van der Waals surface area contributed by atoms with E-state index in [0.717, 1.165) is 11.2 Å². The van der Waals surface area contributed by atoms with Crippen molar-refractivity contribution in [3.8, 4) is 0 Å². The van der Waals surface area contributed by atoms with E-state index in [4.69, 9.17) is 9.31 Å². The van der Waals surface area contributed by atoms with Crippen LogP contribution in [-0.2, 0) is 9.31 Å². The van der Waals surface area contributed by atoms with Crippen LogP contribution in [0.3, 0.4) is 0 Å². The second-order valence-corrected chi connectivity index (χ2v) is 6.87. The van der Waals surface area contributed by atoms with Crippen LogP contribution in [0.25, 0.3) is 6.08 Å². The van der Waals surface area contributed by atoms with Gasteiger partial charge < -0.3 is 14.6 Å². The highest BCUT2D eigenvalue weighted by atomic mass is 16.7. The molecule has 0 radical (unpaired) electrons. The summed E-state index contributed by atoms with van der Waals surface area (Å²) in [7, 11) is 1.47. The fraction of sp³-hybridized carbons (Fsp3) is 0.529. The van der Waals surface area contributed by atoms with Crippen molar-refractivity contribution in [3.05, 3.63) is 35.1 Å². The molecule has 1 aromatic heterocycles. The third kappa shape index (κ3) is 3.89. The molecule has 0 atom stereocenters. The minimum atomic E-state index is -0.415. The van der Waals surface area contributed by atoms with E-state index >= 15 is 0 Å². The largest absolute Gasteiger partial charge is 0.491 e. The Morgan fingerprint density at radius 3 is 2.30 bits per heavy atom. The lowest BCUT2D eigenvalue weighted by atomic mass is 9.77. The Kier molecular flexibility index (Phi) is 5.09. The number of hydrogen-bond donors (Lipinski definition) is 1. The highest BCUT2D eigenvalue weighted by Gasteiger charge is 2.52. The van der Waals surface area contributed by atoms with Gasteiger partial charge in [0.05, 0.1) is 16.9 Å². The minimum Gasteiger partial charge on any atom is -0.400 e. The zero-order valence-corrected chi connectivity index (χ0v) is 14.8. The quantitative estimate of drug-likeness (QED) is 0.668. The van der Waals surface area contributed by atoms with Crippen molar-refractivity contribution in [2.45, 2.75) is 45.8 Å². The van der Waals surface area contributed by atoms with Crippen molar-refractivity contribution in [2.75, 3.05) is 13.6 Å². The van der Waals surface area contributed by atoms with Crippen LogP contribution < -0.4 is 5.32 Å². The summed E-state index contributed by atoms with van der Waals surface area (Å²) in [6, 6.07) is 3.61. The van der Waals surface area contributed by atoms with Gasteiger partial charge in [0.15, 0.2) is 5.78 Å². The van der Waals surface area contributed by atoms with Crippen molar-refractivity contribution < 1.29 is 14.1 Å². The van der Waals surface area contributed by atoms with Crippen molar-refractivity contribution in [1.29, 1.82) is 0 Å². The molecular formula is C17H25BN2O3. The van der Waals surface area contributed by atoms with Gasteiger partial charge in [-0.2, -0.15) is 0 Å². The monoisotopic (exact) mass is 316 g/mol. The van der Waals surface area contributed by atoms with Crippen LogP contribution in [-0.4, -0.2) is 42.7 Å². The zero-order valence-electron chi connectivity index (χ0n) is 14.8. The minimum absolute atomic E-state index is 0.00874. The van der Waals surface area contributed by atoms with Crippen molar-refractivity contribution in [3.63, 3.8) is 0 Å². The van der Waals surface area contributed by atoms with Gasteiger partial charge in [0.2, 0.25) is 0 Å². The molecule has 0 unspecified atom stereocenters. The molecule has 0 spiro atoms. The fourth-order valence-corrected chi connectivity index (χ4v) is 2.29. The molecule has 2 rings (SSSR count). The normalized spacial score (nSPS) is 19.9. The molecule has 2 heterocycles. The molecule has 0 aliphatic carbocycles. The number of carbonyl (C=O) groups excluding carboxylic acids is 1. The molecule has 1 aromatic rings. The van der Waals surface area contributed by atoms with E-state index in [0.29, 0.717) is 12.1 Å². The highest BCUT2D eigenvalue weighted by molar-refractivity contribution is 6.55. The standard InChI is InChI=1S/C17H25BN2O3/c1-12(21)13-7-8-15(20-10-13)9-14(11-19-6)18-22-16(2,3)17(4,5)23-18/h7-10,19H,11H2,1-6H3. The Bertz CT molecular complexity index is 593. The van der Waals surface area contributed by atoms with Crippen LogP contribution in [0.1, 0.15) is 50.7 Å². The molecular weight excluding hydrogens is 291 g/mol. The summed E-state index contributed by atoms with van der Waals surface area (Å²) in [6.45, 7) is 10.3. The van der Waals surface area contributed by atoms with E-state index < -0.39 is 7.12 Å². The first kappa shape index (κ1) is 17.9. The van der Waals surface area contributed by atoms with Gasteiger partial charge in [0.25, 0.3) is 0 Å². The Labute approximate surface area is 138 Å². The zero-order chi connectivity index (χ0) is 17.3. The number of rotatable bonds is 5. The average Bonchev–Trinajstić information content (AvgIpc) is 2.67. The van der Waals surface area contributed by atoms with E-state index in [2.05, 4.69) is 10.3 Å². The van der Waals surface area contributed by atoms with Gasteiger partial charge in [0.1, 0.15) is 0 Å². The van der Waals surface area contributed by atoms with Crippen LogP contribution in [0.2, 0.25) is 0 Å². The predicted molar refractivity (Wildman–Crippen MR) is 92.2 cm³/mol. The number of aromatic nitrogens is 1. The van der Waals surface area contributed by atoms with Gasteiger partial charge in [0, 0.05) is 18.3 Å². The summed E-state index contributed by atoms with van der Waals surface area (Å²) >= 11 is 0. The van der Waals surface area contributed by atoms with Crippen molar-refractivity contribution in [1.82, 2.24) is 10.3 Å². The van der Waals surface area contributed by atoms with Gasteiger partial charge in [-0.25, -0.2) is 0 Å². The summed E-state index contributed by atoms with van der Waals surface area (Å²) < 4.78 is 12.2. The first-order valence-electron chi connectivity index (χ1n) is 7.84. The van der Waals surface area contributed by atoms with E-state index in [1.165, 1.54) is 6.92 Å². The number of nitrogens with zero attached hydrogens (tertiary/aromatic N) is 1. The van der Waals surface area contributed by atoms with Crippen molar-refractivity contribution in [2.24, 2.45) is 0 Å². The van der Waals surface area contributed by atoms with E-state index in [-0.39, 0.29) is 17.0 Å². The third-order valence-corrected chi connectivity index (χ3v) is 4.46. The first-order chi connectivity index (χ1) is 10.7. The number of Topliss-reactive ketones (excluding diaryl/α,β-unsaturated/α-hetero) is 1. The number of pyridine rings is 1. The number of ketones is 1. The van der Waals surface area contributed by atoms with Crippen LogP contribution in [0.15, 0.2) is 23.8 Å². The lowest BCUT2D eigenvalue weighted by Crippen LogP contribution is -2.41. The maximum Gasteiger partial charge on any atom is 0.491 e. The molecule has 6 heteroatoms. The summed E-state index contributed by atoms with van der Waals surface area (Å²) in [4.78, 5) is 15.7. The smallest absolute Gasteiger partial charge is 0.400 e. The molecule has 0 saturated carbocycles. The maximum atomic E-state index is 11.3. The van der Waals surface area contributed by atoms with E-state index in [1.807, 2.05) is 46.9 Å². The van der Waals surface area contributed by atoms with Crippen LogP contribution >= 0.6 is 0 Å². The molecule has 1 saturated heterocycles.